The topological polar surface area (TPSA) is 46.5 Å². The van der Waals surface area contributed by atoms with E-state index in [0.717, 1.165) is 44.9 Å². The normalized spacial score (nSPS) is 16.6. The third kappa shape index (κ3) is 5.65. The lowest BCUT2D eigenvalue weighted by Gasteiger charge is -2.36. The van der Waals surface area contributed by atoms with Gasteiger partial charge >= 0.3 is 5.97 Å². The molecule has 0 aliphatic rings. The maximum atomic E-state index is 12.0. The maximum Gasteiger partial charge on any atom is 0.308 e. The van der Waals surface area contributed by atoms with Crippen molar-refractivity contribution in [1.29, 1.82) is 0 Å². The molecule has 0 bridgehead atoms. The largest absolute Gasteiger partial charge is 0.481 e. The number of aliphatic carboxylic acids is 1. The molecule has 2 unspecified atom stereocenters. The van der Waals surface area contributed by atoms with Crippen LogP contribution in [-0.4, -0.2) is 27.4 Å². The highest BCUT2D eigenvalue weighted by atomic mass is 28.2. The predicted octanol–water partition coefficient (Wildman–Crippen LogP) is 3.76. The van der Waals surface area contributed by atoms with E-state index in [1.54, 1.807) is 0 Å². The van der Waals surface area contributed by atoms with Crippen molar-refractivity contribution in [2.45, 2.75) is 77.7 Å². The van der Waals surface area contributed by atoms with Crippen molar-refractivity contribution in [1.82, 2.24) is 0 Å². The number of hydrogen-bond acceptors (Lipinski definition) is 2. The van der Waals surface area contributed by atoms with E-state index in [2.05, 4.69) is 20.8 Å². The van der Waals surface area contributed by atoms with E-state index >= 15 is 0 Å². The summed E-state index contributed by atoms with van der Waals surface area (Å²) in [5, 5.41) is 9.29. The molecule has 0 saturated carbocycles. The minimum Gasteiger partial charge on any atom is -0.481 e. The SMILES string of the molecule is CCCCC(CC)C(CCCC)([SiH2]OCC)C(=O)O. The van der Waals surface area contributed by atoms with Gasteiger partial charge in [0.05, 0.1) is 5.04 Å². The Kier molecular flexibility index (Phi) is 10.2. The van der Waals surface area contributed by atoms with E-state index in [1.165, 1.54) is 0 Å². The predicted molar refractivity (Wildman–Crippen MR) is 83.3 cm³/mol. The van der Waals surface area contributed by atoms with Crippen molar-refractivity contribution in [2.24, 2.45) is 5.92 Å². The molecule has 0 amide bonds. The summed E-state index contributed by atoms with van der Waals surface area (Å²) in [5.74, 6) is -0.321. The molecule has 0 spiro atoms. The quantitative estimate of drug-likeness (QED) is 0.556. The first-order valence-electron chi connectivity index (χ1n) is 7.90. The Labute approximate surface area is 121 Å². The Morgan fingerprint density at radius 1 is 1.21 bits per heavy atom. The number of carboxylic acid groups (broad SMARTS) is 1. The molecule has 0 heterocycles. The number of rotatable bonds is 12. The summed E-state index contributed by atoms with van der Waals surface area (Å²) in [6.07, 6.45) is 7.09. The van der Waals surface area contributed by atoms with Crippen LogP contribution in [0.5, 0.6) is 0 Å². The van der Waals surface area contributed by atoms with Gasteiger partial charge in [-0.05, 0) is 25.7 Å². The Morgan fingerprint density at radius 3 is 2.26 bits per heavy atom. The van der Waals surface area contributed by atoms with Crippen LogP contribution in [0.15, 0.2) is 0 Å². The molecular weight excluding hydrogens is 256 g/mol. The van der Waals surface area contributed by atoms with E-state index in [1.807, 2.05) is 6.92 Å². The first-order chi connectivity index (χ1) is 9.08. The van der Waals surface area contributed by atoms with Crippen molar-refractivity contribution >= 4 is 15.7 Å². The second kappa shape index (κ2) is 10.4. The van der Waals surface area contributed by atoms with Gasteiger partial charge in [0.2, 0.25) is 0 Å². The molecule has 114 valence electrons. The van der Waals surface area contributed by atoms with E-state index < -0.39 is 20.8 Å². The van der Waals surface area contributed by atoms with Crippen LogP contribution >= 0.6 is 0 Å². The summed E-state index contributed by atoms with van der Waals surface area (Å²) in [6, 6.07) is 0. The van der Waals surface area contributed by atoms with Gasteiger partial charge in [0.25, 0.3) is 0 Å². The average molecular weight is 289 g/mol. The summed E-state index contributed by atoms with van der Waals surface area (Å²) in [4.78, 5) is 12.0. The molecule has 0 aliphatic heterocycles. The molecule has 0 fully saturated rings. The zero-order chi connectivity index (χ0) is 14.7. The summed E-state index contributed by atoms with van der Waals surface area (Å²) < 4.78 is 5.68. The van der Waals surface area contributed by atoms with Crippen molar-refractivity contribution in [2.75, 3.05) is 6.61 Å². The molecule has 0 aromatic rings. The Morgan fingerprint density at radius 2 is 1.84 bits per heavy atom. The zero-order valence-corrected chi connectivity index (χ0v) is 14.6. The van der Waals surface area contributed by atoms with Gasteiger partial charge < -0.3 is 9.53 Å². The smallest absolute Gasteiger partial charge is 0.308 e. The number of carbonyl (C=O) groups is 1. The Hall–Kier alpha value is -0.353. The lowest BCUT2D eigenvalue weighted by atomic mass is 9.81. The van der Waals surface area contributed by atoms with E-state index in [0.29, 0.717) is 6.61 Å². The standard InChI is InChI=1S/C15H32O3Si/c1-5-9-11-13(7-3)15(14(16)17,12-10-6-2)19-18-8-4/h13H,5-12,19H2,1-4H3,(H,16,17). The molecule has 0 rings (SSSR count). The fourth-order valence-corrected chi connectivity index (χ4v) is 4.65. The highest BCUT2D eigenvalue weighted by Crippen LogP contribution is 2.45. The lowest BCUT2D eigenvalue weighted by molar-refractivity contribution is -0.143. The summed E-state index contributed by atoms with van der Waals surface area (Å²) >= 11 is 0. The van der Waals surface area contributed by atoms with Crippen molar-refractivity contribution in [3.8, 4) is 0 Å². The van der Waals surface area contributed by atoms with E-state index in [-0.39, 0.29) is 5.92 Å². The van der Waals surface area contributed by atoms with E-state index in [4.69, 9.17) is 4.43 Å². The van der Waals surface area contributed by atoms with Gasteiger partial charge in [0.15, 0.2) is 9.76 Å². The van der Waals surface area contributed by atoms with Crippen molar-refractivity contribution in [3.05, 3.63) is 0 Å². The van der Waals surface area contributed by atoms with Gasteiger partial charge in [-0.2, -0.15) is 0 Å². The Balaban J connectivity index is 5.06. The molecule has 0 aliphatic carbocycles. The molecule has 0 aromatic carbocycles. The summed E-state index contributed by atoms with van der Waals surface area (Å²) in [5.41, 5.74) is 0. The first kappa shape index (κ1) is 18.6. The van der Waals surface area contributed by atoms with Crippen LogP contribution in [0.1, 0.15) is 72.6 Å². The average Bonchev–Trinajstić information content (AvgIpc) is 2.41. The molecule has 2 atom stereocenters. The minimum atomic E-state index is -1.04. The molecular formula is C15H32O3Si. The highest BCUT2D eigenvalue weighted by Gasteiger charge is 2.44. The fraction of sp³-hybridized carbons (Fsp3) is 0.933. The molecule has 0 aromatic heterocycles. The molecule has 0 radical (unpaired) electrons. The molecule has 19 heavy (non-hydrogen) atoms. The first-order valence-corrected chi connectivity index (χ1v) is 9.18. The van der Waals surface area contributed by atoms with Gasteiger partial charge in [-0.1, -0.05) is 52.9 Å². The third-order valence-electron chi connectivity index (χ3n) is 4.15. The van der Waals surface area contributed by atoms with Crippen molar-refractivity contribution < 1.29 is 14.3 Å². The van der Waals surface area contributed by atoms with Crippen LogP contribution in [0, 0.1) is 5.92 Å². The van der Waals surface area contributed by atoms with Crippen LogP contribution in [0.4, 0.5) is 0 Å². The third-order valence-corrected chi connectivity index (χ3v) is 6.51. The lowest BCUT2D eigenvalue weighted by Crippen LogP contribution is -2.38. The van der Waals surface area contributed by atoms with Crippen molar-refractivity contribution in [3.63, 3.8) is 0 Å². The second-order valence-corrected chi connectivity index (χ2v) is 7.41. The maximum absolute atomic E-state index is 12.0. The highest BCUT2D eigenvalue weighted by molar-refractivity contribution is 6.40. The monoisotopic (exact) mass is 288 g/mol. The van der Waals surface area contributed by atoms with E-state index in [9.17, 15) is 9.90 Å². The minimum absolute atomic E-state index is 0.287. The van der Waals surface area contributed by atoms with Gasteiger partial charge in [-0.15, -0.1) is 0 Å². The summed E-state index contributed by atoms with van der Waals surface area (Å²) in [6.45, 7) is 9.04. The fourth-order valence-electron chi connectivity index (χ4n) is 2.84. The zero-order valence-electron chi connectivity index (χ0n) is 13.2. The van der Waals surface area contributed by atoms with Gasteiger partial charge in [0.1, 0.15) is 0 Å². The van der Waals surface area contributed by atoms with Crippen LogP contribution in [0.25, 0.3) is 0 Å². The summed E-state index contributed by atoms with van der Waals surface area (Å²) in [7, 11) is -1.04. The van der Waals surface area contributed by atoms with Gasteiger partial charge in [0, 0.05) is 6.61 Å². The van der Waals surface area contributed by atoms with Crippen LogP contribution < -0.4 is 0 Å². The van der Waals surface area contributed by atoms with Crippen LogP contribution in [-0.2, 0) is 9.22 Å². The van der Waals surface area contributed by atoms with Crippen LogP contribution in [0.2, 0.25) is 5.04 Å². The van der Waals surface area contributed by atoms with Gasteiger partial charge in [-0.25, -0.2) is 0 Å². The number of carboxylic acids is 1. The molecule has 0 saturated heterocycles. The number of unbranched alkanes of at least 4 members (excludes halogenated alkanes) is 2. The molecule has 3 nitrogen and oxygen atoms in total. The molecule has 1 N–H and O–H groups in total. The van der Waals surface area contributed by atoms with Crippen LogP contribution in [0.3, 0.4) is 0 Å². The van der Waals surface area contributed by atoms with Gasteiger partial charge in [-0.3, -0.25) is 4.79 Å². The number of hydrogen-bond donors (Lipinski definition) is 1. The Bertz CT molecular complexity index is 236. The second-order valence-electron chi connectivity index (χ2n) is 5.45. The molecule has 4 heteroatoms.